The number of aryl methyl sites for hydroxylation is 1. The Morgan fingerprint density at radius 3 is 2.89 bits per heavy atom. The minimum atomic E-state index is 0.183. The zero-order valence-corrected chi connectivity index (χ0v) is 12.0. The number of nitrogens with one attached hydrogen (secondary N) is 1. The van der Waals surface area contributed by atoms with E-state index >= 15 is 0 Å². The first-order valence-corrected chi connectivity index (χ1v) is 7.49. The number of anilines is 1. The first kappa shape index (κ1) is 12.6. The summed E-state index contributed by atoms with van der Waals surface area (Å²) >= 11 is 1.65. The van der Waals surface area contributed by atoms with Crippen molar-refractivity contribution >= 4 is 16.5 Å². The van der Waals surface area contributed by atoms with Crippen LogP contribution in [0.4, 0.5) is 5.13 Å². The first-order valence-electron chi connectivity index (χ1n) is 6.68. The maximum Gasteiger partial charge on any atom is 0.180 e. The van der Waals surface area contributed by atoms with Crippen molar-refractivity contribution in [2.45, 2.75) is 24.7 Å². The molecule has 1 aliphatic carbocycles. The van der Waals surface area contributed by atoms with E-state index in [-0.39, 0.29) is 5.41 Å². The fraction of sp³-hybridized carbons (Fsp3) is 0.400. The van der Waals surface area contributed by atoms with Crippen LogP contribution in [0.1, 0.15) is 22.6 Å². The third kappa shape index (κ3) is 2.26. The Bertz CT molecular complexity index is 564. The molecule has 19 heavy (non-hydrogen) atoms. The summed E-state index contributed by atoms with van der Waals surface area (Å²) < 4.78 is 0. The lowest BCUT2D eigenvalue weighted by Crippen LogP contribution is -2.41. The van der Waals surface area contributed by atoms with Gasteiger partial charge >= 0.3 is 0 Å². The zero-order valence-electron chi connectivity index (χ0n) is 11.1. The van der Waals surface area contributed by atoms with E-state index in [0.29, 0.717) is 5.13 Å². The van der Waals surface area contributed by atoms with E-state index in [1.165, 1.54) is 16.1 Å². The third-order valence-corrected chi connectivity index (χ3v) is 4.96. The highest BCUT2D eigenvalue weighted by atomic mass is 32.1. The van der Waals surface area contributed by atoms with Crippen molar-refractivity contribution in [2.75, 3.05) is 19.3 Å². The van der Waals surface area contributed by atoms with Gasteiger partial charge in [0.1, 0.15) is 0 Å². The van der Waals surface area contributed by atoms with Gasteiger partial charge in [-0.3, -0.25) is 0 Å². The summed E-state index contributed by atoms with van der Waals surface area (Å²) in [6.07, 6.45) is 3.20. The lowest BCUT2D eigenvalue weighted by molar-refractivity contribution is 0.359. The Hall–Kier alpha value is -1.39. The van der Waals surface area contributed by atoms with Gasteiger partial charge in [-0.15, -0.1) is 11.3 Å². The number of likely N-dealkylation sites (N-methyl/N-ethyl adjacent to an activating group) is 1. The third-order valence-electron chi connectivity index (χ3n) is 4.04. The Balaban J connectivity index is 2.00. The van der Waals surface area contributed by atoms with Crippen LogP contribution < -0.4 is 11.1 Å². The predicted molar refractivity (Wildman–Crippen MR) is 80.6 cm³/mol. The van der Waals surface area contributed by atoms with Gasteiger partial charge in [0, 0.05) is 16.8 Å². The number of rotatable bonds is 3. The van der Waals surface area contributed by atoms with Crippen molar-refractivity contribution in [3.05, 3.63) is 46.5 Å². The topological polar surface area (TPSA) is 50.9 Å². The fourth-order valence-corrected chi connectivity index (χ4v) is 4.14. The molecule has 3 rings (SSSR count). The fourth-order valence-electron chi connectivity index (χ4n) is 3.12. The summed E-state index contributed by atoms with van der Waals surface area (Å²) in [7, 11) is 2.03. The van der Waals surface area contributed by atoms with Gasteiger partial charge in [-0.25, -0.2) is 4.98 Å². The van der Waals surface area contributed by atoms with Gasteiger partial charge < -0.3 is 11.1 Å². The molecule has 0 amide bonds. The number of thiazole rings is 1. The number of aromatic nitrogens is 1. The summed E-state index contributed by atoms with van der Waals surface area (Å²) in [4.78, 5) is 5.81. The summed E-state index contributed by atoms with van der Waals surface area (Å²) in [5.74, 6) is 0. The molecule has 1 unspecified atom stereocenters. The highest BCUT2D eigenvalue weighted by molar-refractivity contribution is 7.15. The molecule has 0 bridgehead atoms. The van der Waals surface area contributed by atoms with Crippen LogP contribution in [-0.4, -0.2) is 18.6 Å². The van der Waals surface area contributed by atoms with Gasteiger partial charge in [0.25, 0.3) is 0 Å². The summed E-state index contributed by atoms with van der Waals surface area (Å²) in [5, 5.41) is 4.07. The first-order chi connectivity index (χ1) is 9.23. The summed E-state index contributed by atoms with van der Waals surface area (Å²) in [6.45, 7) is 0.994. The highest BCUT2D eigenvalue weighted by Crippen LogP contribution is 2.40. The number of hydrogen-bond acceptors (Lipinski definition) is 4. The molecule has 0 radical (unpaired) electrons. The quantitative estimate of drug-likeness (QED) is 0.902. The van der Waals surface area contributed by atoms with Crippen molar-refractivity contribution in [3.63, 3.8) is 0 Å². The summed E-state index contributed by atoms with van der Waals surface area (Å²) in [6, 6.07) is 10.8. The molecule has 0 aliphatic heterocycles. The van der Waals surface area contributed by atoms with Crippen LogP contribution >= 0.6 is 11.3 Å². The molecule has 0 saturated heterocycles. The molecule has 100 valence electrons. The maximum absolute atomic E-state index is 5.85. The lowest BCUT2D eigenvalue weighted by atomic mass is 9.70. The summed E-state index contributed by atoms with van der Waals surface area (Å²) in [5.41, 5.74) is 8.67. The molecular formula is C15H19N3S. The monoisotopic (exact) mass is 273 g/mol. The molecule has 1 aromatic heterocycles. The van der Waals surface area contributed by atoms with Crippen molar-refractivity contribution in [2.24, 2.45) is 0 Å². The molecule has 3 N–H and O–H groups in total. The van der Waals surface area contributed by atoms with Crippen molar-refractivity contribution < 1.29 is 0 Å². The number of nitrogens with zero attached hydrogens (tertiary/aromatic N) is 1. The normalized spacial score (nSPS) is 22.2. The maximum atomic E-state index is 5.85. The predicted octanol–water partition coefficient (Wildman–Crippen LogP) is 2.37. The average molecular weight is 273 g/mol. The average Bonchev–Trinajstić information content (AvgIpc) is 2.79. The van der Waals surface area contributed by atoms with Gasteiger partial charge in [-0.2, -0.15) is 0 Å². The van der Waals surface area contributed by atoms with E-state index in [9.17, 15) is 0 Å². The highest BCUT2D eigenvalue weighted by Gasteiger charge is 2.37. The van der Waals surface area contributed by atoms with E-state index in [1.54, 1.807) is 11.3 Å². The van der Waals surface area contributed by atoms with Gasteiger partial charge in [-0.05, 0) is 31.9 Å². The van der Waals surface area contributed by atoms with Crippen LogP contribution in [-0.2, 0) is 18.3 Å². The zero-order chi connectivity index (χ0) is 13.3. The van der Waals surface area contributed by atoms with Crippen molar-refractivity contribution in [1.29, 1.82) is 0 Å². The smallest absolute Gasteiger partial charge is 0.180 e. The Morgan fingerprint density at radius 2 is 2.16 bits per heavy atom. The number of benzene rings is 1. The Labute approximate surface area is 117 Å². The number of nitrogen functional groups attached to an aromatic ring is 1. The van der Waals surface area contributed by atoms with Gasteiger partial charge in [0.2, 0.25) is 0 Å². The van der Waals surface area contributed by atoms with Crippen LogP contribution in [0.5, 0.6) is 0 Å². The van der Waals surface area contributed by atoms with Gasteiger partial charge in [0.15, 0.2) is 5.13 Å². The molecule has 4 heteroatoms. The Kier molecular flexibility index (Phi) is 3.29. The second-order valence-electron chi connectivity index (χ2n) is 5.28. The van der Waals surface area contributed by atoms with E-state index < -0.39 is 0 Å². The number of fused-ring (bicyclic) bond motifs is 1. The van der Waals surface area contributed by atoms with Crippen LogP contribution in [0.3, 0.4) is 0 Å². The molecular weight excluding hydrogens is 254 g/mol. The van der Waals surface area contributed by atoms with Crippen LogP contribution in [0.2, 0.25) is 0 Å². The lowest BCUT2D eigenvalue weighted by Gasteiger charge is -2.37. The molecule has 3 nitrogen and oxygen atoms in total. The molecule has 1 heterocycles. The Morgan fingerprint density at radius 1 is 1.37 bits per heavy atom. The SMILES string of the molecule is CNCC1(c2ccccc2)CCc2nc(N)sc2C1. The van der Waals surface area contributed by atoms with E-state index in [4.69, 9.17) is 5.73 Å². The van der Waals surface area contributed by atoms with Crippen LogP contribution in [0.25, 0.3) is 0 Å². The minimum Gasteiger partial charge on any atom is -0.375 e. The molecule has 1 aromatic carbocycles. The second-order valence-corrected chi connectivity index (χ2v) is 6.39. The molecule has 1 atom stereocenters. The van der Waals surface area contributed by atoms with E-state index in [2.05, 4.69) is 40.6 Å². The largest absolute Gasteiger partial charge is 0.375 e. The number of nitrogens with two attached hydrogens (primary N) is 1. The number of hydrogen-bond donors (Lipinski definition) is 2. The second kappa shape index (κ2) is 4.94. The molecule has 0 saturated carbocycles. The van der Waals surface area contributed by atoms with Crippen molar-refractivity contribution in [3.8, 4) is 0 Å². The van der Waals surface area contributed by atoms with E-state index in [0.717, 1.165) is 25.8 Å². The molecule has 0 fully saturated rings. The molecule has 1 aliphatic rings. The van der Waals surface area contributed by atoms with Gasteiger partial charge in [-0.1, -0.05) is 30.3 Å². The minimum absolute atomic E-state index is 0.183. The van der Waals surface area contributed by atoms with Crippen LogP contribution in [0, 0.1) is 0 Å². The van der Waals surface area contributed by atoms with Gasteiger partial charge in [0.05, 0.1) is 5.69 Å². The molecule has 2 aromatic rings. The van der Waals surface area contributed by atoms with Crippen molar-refractivity contribution in [1.82, 2.24) is 10.3 Å². The van der Waals surface area contributed by atoms with Crippen LogP contribution in [0.15, 0.2) is 30.3 Å². The van der Waals surface area contributed by atoms with E-state index in [1.807, 2.05) is 7.05 Å². The molecule has 0 spiro atoms. The standard InChI is InChI=1S/C15H19N3S/c1-17-10-15(11-5-3-2-4-6-11)8-7-12-13(9-15)19-14(16)18-12/h2-6,17H,7-10H2,1H3,(H2,16,18).